The first-order chi connectivity index (χ1) is 7.52. The molecule has 0 aromatic rings. The second kappa shape index (κ2) is 7.35. The largest absolute Gasteiger partial charge is 0.0683 e. The molecular weight excluding hydrogens is 192 g/mol. The van der Waals surface area contributed by atoms with Crippen molar-refractivity contribution in [2.75, 3.05) is 0 Å². The Bertz CT molecular complexity index is 171. The summed E-state index contributed by atoms with van der Waals surface area (Å²) in [6.07, 6.45) is 7.16. The molecule has 98 valence electrons. The van der Waals surface area contributed by atoms with E-state index < -0.39 is 0 Å². The van der Waals surface area contributed by atoms with Crippen molar-refractivity contribution in [3.8, 4) is 0 Å². The lowest BCUT2D eigenvalue weighted by Crippen LogP contribution is -2.30. The lowest BCUT2D eigenvalue weighted by Gasteiger charge is -2.38. The summed E-state index contributed by atoms with van der Waals surface area (Å²) in [5.74, 6) is 2.80. The van der Waals surface area contributed by atoms with E-state index in [1.807, 2.05) is 13.8 Å². The van der Waals surface area contributed by atoms with E-state index in [1.165, 1.54) is 32.1 Å². The Balaban J connectivity index is 0.00000106. The van der Waals surface area contributed by atoms with Gasteiger partial charge in [-0.1, -0.05) is 61.3 Å². The maximum absolute atomic E-state index is 2.55. The highest BCUT2D eigenvalue weighted by atomic mass is 14.5. The van der Waals surface area contributed by atoms with Crippen LogP contribution >= 0.6 is 0 Å². The van der Waals surface area contributed by atoms with E-state index in [2.05, 4.69) is 34.6 Å². The Morgan fingerprint density at radius 1 is 1.19 bits per heavy atom. The van der Waals surface area contributed by atoms with Gasteiger partial charge in [0.2, 0.25) is 0 Å². The molecular formula is C16H34. The molecule has 0 heteroatoms. The van der Waals surface area contributed by atoms with Crippen LogP contribution in [0.25, 0.3) is 0 Å². The van der Waals surface area contributed by atoms with Crippen LogP contribution in [0.1, 0.15) is 80.6 Å². The topological polar surface area (TPSA) is 0 Å². The monoisotopic (exact) mass is 226 g/mol. The molecule has 1 fully saturated rings. The van der Waals surface area contributed by atoms with Gasteiger partial charge in [-0.05, 0) is 42.4 Å². The normalized spacial score (nSPS) is 33.8. The number of hydrogen-bond donors (Lipinski definition) is 0. The summed E-state index contributed by atoms with van der Waals surface area (Å²) < 4.78 is 0. The van der Waals surface area contributed by atoms with Gasteiger partial charge in [0.05, 0.1) is 0 Å². The molecule has 1 aliphatic carbocycles. The Kier molecular flexibility index (Phi) is 7.35. The van der Waals surface area contributed by atoms with Crippen LogP contribution in [0.15, 0.2) is 0 Å². The first-order valence-electron chi connectivity index (χ1n) is 7.52. The first-order valence-corrected chi connectivity index (χ1v) is 7.52. The number of rotatable bonds is 4. The van der Waals surface area contributed by atoms with E-state index in [0.29, 0.717) is 5.41 Å². The Morgan fingerprint density at radius 2 is 1.75 bits per heavy atom. The molecule has 0 bridgehead atoms. The van der Waals surface area contributed by atoms with Gasteiger partial charge in [0.25, 0.3) is 0 Å². The lowest BCUT2D eigenvalue weighted by molar-refractivity contribution is 0.113. The summed E-state index contributed by atoms with van der Waals surface area (Å²) >= 11 is 0. The van der Waals surface area contributed by atoms with Crippen molar-refractivity contribution in [3.05, 3.63) is 0 Å². The molecule has 0 aromatic carbocycles. The fourth-order valence-corrected chi connectivity index (χ4v) is 3.54. The summed E-state index contributed by atoms with van der Waals surface area (Å²) in [6.45, 7) is 16.1. The summed E-state index contributed by atoms with van der Waals surface area (Å²) in [7, 11) is 0. The molecule has 0 nitrogen and oxygen atoms in total. The Morgan fingerprint density at radius 3 is 2.19 bits per heavy atom. The highest BCUT2D eigenvalue weighted by Gasteiger charge is 2.44. The second-order valence-corrected chi connectivity index (χ2v) is 5.94. The quantitative estimate of drug-likeness (QED) is 0.559. The smallest absolute Gasteiger partial charge is 0.0269 e. The molecule has 1 rings (SSSR count). The summed E-state index contributed by atoms with van der Waals surface area (Å²) in [5.41, 5.74) is 0.643. The van der Waals surface area contributed by atoms with Crippen LogP contribution in [-0.4, -0.2) is 0 Å². The van der Waals surface area contributed by atoms with E-state index in [-0.39, 0.29) is 0 Å². The minimum atomic E-state index is 0.643. The molecule has 0 N–H and O–H groups in total. The molecule has 0 saturated heterocycles. The maximum atomic E-state index is 2.55. The van der Waals surface area contributed by atoms with E-state index in [9.17, 15) is 0 Å². The van der Waals surface area contributed by atoms with Gasteiger partial charge in [0.1, 0.15) is 0 Å². The molecule has 1 saturated carbocycles. The van der Waals surface area contributed by atoms with Gasteiger partial charge in [-0.2, -0.15) is 0 Å². The SMILES string of the molecule is CC.CCCCC1(C)C(C)CCC1C(C)C. The van der Waals surface area contributed by atoms with E-state index in [0.717, 1.165) is 17.8 Å². The van der Waals surface area contributed by atoms with Gasteiger partial charge in [0, 0.05) is 0 Å². The zero-order valence-electron chi connectivity index (χ0n) is 12.8. The minimum absolute atomic E-state index is 0.643. The molecule has 0 aliphatic heterocycles. The zero-order valence-corrected chi connectivity index (χ0v) is 12.8. The fraction of sp³-hybridized carbons (Fsp3) is 1.00. The lowest BCUT2D eigenvalue weighted by atomic mass is 9.67. The van der Waals surface area contributed by atoms with Gasteiger partial charge >= 0.3 is 0 Å². The molecule has 3 unspecified atom stereocenters. The van der Waals surface area contributed by atoms with Crippen molar-refractivity contribution in [2.45, 2.75) is 80.6 Å². The van der Waals surface area contributed by atoms with Crippen LogP contribution in [-0.2, 0) is 0 Å². The third kappa shape index (κ3) is 3.50. The Hall–Kier alpha value is 0. The minimum Gasteiger partial charge on any atom is -0.0683 e. The average Bonchev–Trinajstić information content (AvgIpc) is 2.56. The highest BCUT2D eigenvalue weighted by molar-refractivity contribution is 4.94. The van der Waals surface area contributed by atoms with Crippen molar-refractivity contribution >= 4 is 0 Å². The highest BCUT2D eigenvalue weighted by Crippen LogP contribution is 2.53. The van der Waals surface area contributed by atoms with Crippen LogP contribution in [0.3, 0.4) is 0 Å². The second-order valence-electron chi connectivity index (χ2n) is 5.94. The summed E-state index contributed by atoms with van der Waals surface area (Å²) in [6, 6.07) is 0. The number of unbranched alkanes of at least 4 members (excludes halogenated alkanes) is 1. The molecule has 0 amide bonds. The maximum Gasteiger partial charge on any atom is -0.0269 e. The molecule has 0 aromatic heterocycles. The molecule has 0 spiro atoms. The molecule has 1 aliphatic rings. The van der Waals surface area contributed by atoms with E-state index >= 15 is 0 Å². The average molecular weight is 226 g/mol. The van der Waals surface area contributed by atoms with Crippen molar-refractivity contribution < 1.29 is 0 Å². The third-order valence-electron chi connectivity index (χ3n) is 4.76. The predicted octanol–water partition coefficient (Wildman–Crippen LogP) is 5.91. The molecule has 16 heavy (non-hydrogen) atoms. The van der Waals surface area contributed by atoms with Gasteiger partial charge in [-0.15, -0.1) is 0 Å². The molecule has 0 heterocycles. The fourth-order valence-electron chi connectivity index (χ4n) is 3.54. The van der Waals surface area contributed by atoms with Crippen LogP contribution in [0.2, 0.25) is 0 Å². The van der Waals surface area contributed by atoms with Crippen LogP contribution in [0.5, 0.6) is 0 Å². The van der Waals surface area contributed by atoms with E-state index in [4.69, 9.17) is 0 Å². The van der Waals surface area contributed by atoms with Gasteiger partial charge in [0.15, 0.2) is 0 Å². The molecule has 0 radical (unpaired) electrons. The standard InChI is InChI=1S/C14H28.C2H6/c1-6-7-10-14(5)12(4)8-9-13(14)11(2)3;1-2/h11-13H,6-10H2,1-5H3;1-2H3. The van der Waals surface area contributed by atoms with Gasteiger partial charge < -0.3 is 0 Å². The van der Waals surface area contributed by atoms with Gasteiger partial charge in [-0.25, -0.2) is 0 Å². The third-order valence-corrected chi connectivity index (χ3v) is 4.76. The predicted molar refractivity (Wildman–Crippen MR) is 75.7 cm³/mol. The van der Waals surface area contributed by atoms with Crippen LogP contribution in [0, 0.1) is 23.2 Å². The van der Waals surface area contributed by atoms with Crippen LogP contribution < -0.4 is 0 Å². The van der Waals surface area contributed by atoms with E-state index in [1.54, 1.807) is 0 Å². The zero-order chi connectivity index (χ0) is 12.8. The number of hydrogen-bond acceptors (Lipinski definition) is 0. The summed E-state index contributed by atoms with van der Waals surface area (Å²) in [5, 5.41) is 0. The van der Waals surface area contributed by atoms with Crippen LogP contribution in [0.4, 0.5) is 0 Å². The molecule has 3 atom stereocenters. The van der Waals surface area contributed by atoms with Crippen molar-refractivity contribution in [3.63, 3.8) is 0 Å². The van der Waals surface area contributed by atoms with Crippen molar-refractivity contribution in [2.24, 2.45) is 23.2 Å². The first kappa shape index (κ1) is 16.0. The Labute approximate surface area is 104 Å². The summed E-state index contributed by atoms with van der Waals surface area (Å²) in [4.78, 5) is 0. The van der Waals surface area contributed by atoms with Gasteiger partial charge in [-0.3, -0.25) is 0 Å². The van der Waals surface area contributed by atoms with Crippen molar-refractivity contribution in [1.29, 1.82) is 0 Å². The van der Waals surface area contributed by atoms with Crippen molar-refractivity contribution in [1.82, 2.24) is 0 Å².